The van der Waals surface area contributed by atoms with Crippen molar-refractivity contribution in [2.75, 3.05) is 26.4 Å². The number of carbonyl (C=O) groups is 4. The number of nitrogens with one attached hydrogen (secondary N) is 2. The van der Waals surface area contributed by atoms with Crippen LogP contribution in [0.2, 0.25) is 0 Å². The van der Waals surface area contributed by atoms with E-state index in [0.29, 0.717) is 0 Å². The smallest absolute Gasteiger partial charge is 0.340 e. The molecule has 0 spiro atoms. The zero-order chi connectivity index (χ0) is 38.1. The van der Waals surface area contributed by atoms with E-state index >= 15 is 0 Å². The van der Waals surface area contributed by atoms with Crippen LogP contribution in [0.3, 0.4) is 0 Å². The Hall–Kier alpha value is -7.72. The first-order valence-electron chi connectivity index (χ1n) is 15.3. The number of rotatable bonds is 16. The molecule has 0 aliphatic carbocycles. The summed E-state index contributed by atoms with van der Waals surface area (Å²) in [4.78, 5) is 53.6. The van der Waals surface area contributed by atoms with Crippen LogP contribution in [0.15, 0.2) is 128 Å². The van der Waals surface area contributed by atoms with Crippen molar-refractivity contribution in [1.29, 1.82) is 11.1 Å². The molecule has 0 amide bonds. The Morgan fingerprint density at radius 2 is 0.755 bits per heavy atom. The van der Waals surface area contributed by atoms with Crippen LogP contribution in [-0.4, -0.2) is 50.3 Å². The summed E-state index contributed by atoms with van der Waals surface area (Å²) in [6.45, 7) is -2.69. The van der Waals surface area contributed by atoms with Crippen molar-refractivity contribution in [3.63, 3.8) is 0 Å². The van der Waals surface area contributed by atoms with Crippen molar-refractivity contribution in [3.8, 4) is 24.9 Å². The summed E-state index contributed by atoms with van der Waals surface area (Å²) >= 11 is 0. The number of hydrogen-bond donors (Lipinski definition) is 2. The second kappa shape index (κ2) is 18.9. The number of para-hydroxylation sites is 2. The van der Waals surface area contributed by atoms with Crippen LogP contribution in [0, 0.1) is 41.4 Å². The molecule has 0 saturated heterocycles. The van der Waals surface area contributed by atoms with Gasteiger partial charge in [-0.2, -0.15) is 10.2 Å². The lowest BCUT2D eigenvalue weighted by Gasteiger charge is -2.31. The van der Waals surface area contributed by atoms with Crippen LogP contribution in [0.25, 0.3) is 0 Å². The molecule has 0 aromatic heterocycles. The highest BCUT2D eigenvalue weighted by Gasteiger charge is 2.39. The van der Waals surface area contributed by atoms with Gasteiger partial charge in [0.2, 0.25) is 0 Å². The van der Waals surface area contributed by atoms with Gasteiger partial charge >= 0.3 is 23.9 Å². The maximum absolute atomic E-state index is 13.5. The van der Waals surface area contributed by atoms with Crippen LogP contribution >= 0.6 is 0 Å². The molecular weight excluding hydrogens is 684 g/mol. The fraction of sp³-hybridized carbons (Fsp3) is 0.135. The number of ether oxygens (including phenoxy) is 4. The molecule has 264 valence electrons. The van der Waals surface area contributed by atoms with Gasteiger partial charge in [-0.25, -0.2) is 30.2 Å². The van der Waals surface area contributed by atoms with Crippen molar-refractivity contribution in [1.82, 2.24) is 0 Å². The molecule has 2 N–H and O–H groups in total. The van der Waals surface area contributed by atoms with E-state index in [1.165, 1.54) is 60.7 Å². The van der Waals surface area contributed by atoms with E-state index in [-0.39, 0.29) is 45.0 Å². The van der Waals surface area contributed by atoms with E-state index in [0.717, 1.165) is 0 Å². The highest BCUT2D eigenvalue weighted by atomic mass is 16.6. The van der Waals surface area contributed by atoms with Gasteiger partial charge in [-0.05, 0) is 48.5 Å². The molecule has 0 radical (unpaired) electrons. The zero-order valence-electron chi connectivity index (χ0n) is 27.7. The largest absolute Gasteiger partial charge is 0.461 e. The average molecular weight is 713 g/mol. The van der Waals surface area contributed by atoms with Gasteiger partial charge in [0, 0.05) is 0 Å². The van der Waals surface area contributed by atoms with E-state index in [2.05, 4.69) is 30.7 Å². The maximum atomic E-state index is 13.5. The summed E-state index contributed by atoms with van der Waals surface area (Å²) in [5, 5.41) is 21.3. The summed E-state index contributed by atoms with van der Waals surface area (Å²) in [5.74, 6) is -3.74. The standard InChI is InChI=1S/C37H28N8O8/c1-3-40-44-31-19-11-7-15-27(31)35(48)52-23-37(21-50-33(46)25-13-5-9-17-29(25)42-38,22-51-34(47)26-14-6-10-18-30(26)43-39)24-53-36(49)28-16-8-12-20-32(28)45-41-4-2/h1-2,5-20,38-39H,21-24H2. The van der Waals surface area contributed by atoms with Crippen molar-refractivity contribution < 1.29 is 38.1 Å². The van der Waals surface area contributed by atoms with Gasteiger partial charge in [-0.1, -0.05) is 71.6 Å². The third kappa shape index (κ3) is 10.2. The van der Waals surface area contributed by atoms with Crippen LogP contribution in [0.4, 0.5) is 22.7 Å². The minimum atomic E-state index is -1.79. The van der Waals surface area contributed by atoms with E-state index in [4.69, 9.17) is 42.9 Å². The zero-order valence-corrected chi connectivity index (χ0v) is 27.7. The Labute approximate surface area is 302 Å². The van der Waals surface area contributed by atoms with E-state index in [1.54, 1.807) is 36.4 Å². The number of esters is 4. The number of azo groups is 2. The van der Waals surface area contributed by atoms with Crippen molar-refractivity contribution in [3.05, 3.63) is 119 Å². The quantitative estimate of drug-likeness (QED) is 0.0498. The second-order valence-corrected chi connectivity index (χ2v) is 10.8. The third-order valence-corrected chi connectivity index (χ3v) is 7.21. The van der Waals surface area contributed by atoms with E-state index in [9.17, 15) is 19.2 Å². The van der Waals surface area contributed by atoms with Crippen molar-refractivity contribution in [2.24, 2.45) is 36.1 Å². The average Bonchev–Trinajstić information content (AvgIpc) is 3.21. The molecule has 0 heterocycles. The molecule has 0 aliphatic rings. The molecule has 4 rings (SSSR count). The molecule has 0 unspecified atom stereocenters. The Balaban J connectivity index is 1.73. The van der Waals surface area contributed by atoms with Crippen molar-refractivity contribution in [2.45, 2.75) is 0 Å². The third-order valence-electron chi connectivity index (χ3n) is 7.21. The number of nitrogens with zero attached hydrogens (tertiary/aromatic N) is 6. The minimum absolute atomic E-state index is 0.00128. The highest BCUT2D eigenvalue weighted by Crippen LogP contribution is 2.29. The van der Waals surface area contributed by atoms with Crippen LogP contribution in [-0.2, 0) is 18.9 Å². The Morgan fingerprint density at radius 1 is 0.491 bits per heavy atom. The van der Waals surface area contributed by atoms with Gasteiger partial charge in [0.05, 0.1) is 45.7 Å². The Morgan fingerprint density at radius 3 is 1.04 bits per heavy atom. The van der Waals surface area contributed by atoms with Crippen LogP contribution < -0.4 is 0 Å². The predicted octanol–water partition coefficient (Wildman–Crippen LogP) is 8.07. The monoisotopic (exact) mass is 712 g/mol. The fourth-order valence-corrected chi connectivity index (χ4v) is 4.56. The molecule has 0 aliphatic heterocycles. The molecule has 0 atom stereocenters. The number of benzene rings is 4. The predicted molar refractivity (Wildman–Crippen MR) is 186 cm³/mol. The van der Waals surface area contributed by atoms with Gasteiger partial charge in [-0.3, -0.25) is 0 Å². The van der Waals surface area contributed by atoms with Gasteiger partial charge in [0.25, 0.3) is 0 Å². The molecular formula is C37H28N8O8. The molecule has 0 saturated carbocycles. The molecule has 4 aromatic rings. The van der Waals surface area contributed by atoms with Gasteiger partial charge in [0.15, 0.2) is 0 Å². The molecule has 53 heavy (non-hydrogen) atoms. The molecule has 0 fully saturated rings. The lowest BCUT2D eigenvalue weighted by Crippen LogP contribution is -2.44. The molecule has 0 bridgehead atoms. The van der Waals surface area contributed by atoms with Crippen LogP contribution in [0.5, 0.6) is 0 Å². The number of carbonyl (C=O) groups excluding carboxylic acids is 4. The topological polar surface area (TPSA) is 227 Å². The minimum Gasteiger partial charge on any atom is -0.461 e. The van der Waals surface area contributed by atoms with Crippen molar-refractivity contribution >= 4 is 46.6 Å². The van der Waals surface area contributed by atoms with Crippen LogP contribution in [0.1, 0.15) is 41.4 Å². The lowest BCUT2D eigenvalue weighted by atomic mass is 9.91. The summed E-state index contributed by atoms with van der Waals surface area (Å²) in [5.41, 5.74) is 13.0. The summed E-state index contributed by atoms with van der Waals surface area (Å²) in [6, 6.07) is 27.8. The molecule has 16 heteroatoms. The van der Waals surface area contributed by atoms with Gasteiger partial charge in [-0.15, -0.1) is 10.2 Å². The molecule has 16 nitrogen and oxygen atoms in total. The first kappa shape index (κ1) is 38.1. The second-order valence-electron chi connectivity index (χ2n) is 10.8. The normalized spacial score (nSPS) is 11.7. The number of terminal acetylenes is 2. The first-order chi connectivity index (χ1) is 25.8. The Bertz CT molecular complexity index is 2020. The lowest BCUT2D eigenvalue weighted by molar-refractivity contribution is -0.0641. The SMILES string of the molecule is C#CN=Nc1ccccc1C(=O)OCC(COC(=O)c1ccccc1N=N)(COC(=O)c1ccccc1N=N)COC(=O)c1ccccc1N=NC#C. The van der Waals surface area contributed by atoms with Gasteiger partial charge in [0.1, 0.15) is 43.2 Å². The highest BCUT2D eigenvalue weighted by molar-refractivity contribution is 5.96. The van der Waals surface area contributed by atoms with E-state index in [1.807, 2.05) is 12.1 Å². The fourth-order valence-electron chi connectivity index (χ4n) is 4.56. The van der Waals surface area contributed by atoms with Gasteiger partial charge < -0.3 is 18.9 Å². The maximum Gasteiger partial charge on any atom is 0.340 e. The molecule has 4 aromatic carbocycles. The first-order valence-corrected chi connectivity index (χ1v) is 15.3. The number of hydrogen-bond acceptors (Lipinski definition) is 16. The van der Waals surface area contributed by atoms with E-state index < -0.39 is 55.7 Å². The summed E-state index contributed by atoms with van der Waals surface area (Å²) < 4.78 is 22.6. The summed E-state index contributed by atoms with van der Waals surface area (Å²) in [6.07, 6.45) is 10.4. The Kier molecular flexibility index (Phi) is 13.6. The summed E-state index contributed by atoms with van der Waals surface area (Å²) in [7, 11) is 0.